The summed E-state index contributed by atoms with van der Waals surface area (Å²) < 4.78 is 33.4. The fraction of sp³-hybridized carbons (Fsp3) is 0.0385. The molecule has 0 radical (unpaired) electrons. The van der Waals surface area contributed by atoms with Gasteiger partial charge in [-0.1, -0.05) is 18.2 Å². The summed E-state index contributed by atoms with van der Waals surface area (Å²) in [6.45, 7) is 3.91. The Morgan fingerprint density at radius 2 is 1.93 bits per heavy atom. The second-order valence-electron chi connectivity index (χ2n) is 8.12. The number of thioether (sulfide) groups is 1. The first-order chi connectivity index (χ1) is 19.2. The molecule has 0 saturated carbocycles. The normalized spacial score (nSPS) is 15.6. The summed E-state index contributed by atoms with van der Waals surface area (Å²) in [6, 6.07) is 15.4. The number of aliphatic imine (C=N–C) groups is 1. The minimum absolute atomic E-state index is 0.0395. The van der Waals surface area contributed by atoms with Crippen molar-refractivity contribution in [2.45, 2.75) is 4.90 Å². The van der Waals surface area contributed by atoms with E-state index in [0.717, 1.165) is 11.8 Å². The van der Waals surface area contributed by atoms with Crippen LogP contribution in [0.25, 0.3) is 17.4 Å². The van der Waals surface area contributed by atoms with Crippen LogP contribution in [0.5, 0.6) is 0 Å². The van der Waals surface area contributed by atoms with Gasteiger partial charge in [-0.3, -0.25) is 24.5 Å². The molecule has 202 valence electrons. The van der Waals surface area contributed by atoms with Crippen LogP contribution in [0.4, 0.5) is 16.5 Å². The number of sulfonamides is 1. The van der Waals surface area contributed by atoms with Gasteiger partial charge in [0, 0.05) is 30.3 Å². The maximum Gasteiger partial charge on any atom is 0.280 e. The van der Waals surface area contributed by atoms with Crippen molar-refractivity contribution in [3.63, 3.8) is 0 Å². The number of nitro groups is 1. The van der Waals surface area contributed by atoms with Gasteiger partial charge in [0.05, 0.1) is 26.0 Å². The fourth-order valence-electron chi connectivity index (χ4n) is 3.69. The molecule has 0 aliphatic carbocycles. The largest absolute Gasteiger partial charge is 0.456 e. The Morgan fingerprint density at radius 3 is 2.62 bits per heavy atom. The third-order valence-corrected chi connectivity index (χ3v) is 8.67. The van der Waals surface area contributed by atoms with Gasteiger partial charge in [0.2, 0.25) is 0 Å². The standard InChI is InChI=1S/C26H19N5O6S3/c1-2-14-30-24(32)23(16-18-9-12-22(37-18)20-5-3-4-6-21(20)31(33)34)39-26(30)28-17-7-10-19(11-8-17)40(35,36)29-25-27-13-15-38-25/h2-13,15-16H,1,14H2,(H,27,29)/b23-16-,28-26?. The number of nitrogens with one attached hydrogen (secondary N) is 1. The summed E-state index contributed by atoms with van der Waals surface area (Å²) in [4.78, 5) is 34.3. The second-order valence-corrected chi connectivity index (χ2v) is 11.7. The van der Waals surface area contributed by atoms with E-state index >= 15 is 0 Å². The number of nitro benzene ring substituents is 1. The van der Waals surface area contributed by atoms with Gasteiger partial charge in [0.1, 0.15) is 11.5 Å². The van der Waals surface area contributed by atoms with Gasteiger partial charge in [0.15, 0.2) is 10.3 Å². The second kappa shape index (κ2) is 11.3. The number of anilines is 1. The van der Waals surface area contributed by atoms with E-state index in [1.165, 1.54) is 52.8 Å². The van der Waals surface area contributed by atoms with Crippen molar-refractivity contribution < 1.29 is 22.6 Å². The Morgan fingerprint density at radius 1 is 1.15 bits per heavy atom. The Bertz CT molecular complexity index is 1760. The Labute approximate surface area is 236 Å². The smallest absolute Gasteiger partial charge is 0.280 e. The summed E-state index contributed by atoms with van der Waals surface area (Å²) in [5, 5.41) is 13.7. The Balaban J connectivity index is 1.39. The lowest BCUT2D eigenvalue weighted by Crippen LogP contribution is -2.29. The Kier molecular flexibility index (Phi) is 7.64. The van der Waals surface area contributed by atoms with Crippen LogP contribution < -0.4 is 4.72 Å². The zero-order chi connectivity index (χ0) is 28.3. The number of para-hydroxylation sites is 1. The molecule has 1 amide bonds. The molecule has 4 aromatic rings. The molecule has 1 aliphatic rings. The van der Waals surface area contributed by atoms with Crippen LogP contribution in [0.2, 0.25) is 0 Å². The first-order valence-electron chi connectivity index (χ1n) is 11.5. The molecular weight excluding hydrogens is 575 g/mol. The molecule has 2 aromatic carbocycles. The van der Waals surface area contributed by atoms with Crippen LogP contribution >= 0.6 is 23.1 Å². The van der Waals surface area contributed by atoms with E-state index in [9.17, 15) is 23.3 Å². The number of benzene rings is 2. The maximum absolute atomic E-state index is 13.1. The highest BCUT2D eigenvalue weighted by atomic mass is 32.2. The molecule has 3 heterocycles. The molecule has 1 N–H and O–H groups in total. The van der Waals surface area contributed by atoms with Gasteiger partial charge >= 0.3 is 0 Å². The number of carbonyl (C=O) groups excluding carboxylic acids is 1. The van der Waals surface area contributed by atoms with Crippen LogP contribution in [-0.2, 0) is 14.8 Å². The highest BCUT2D eigenvalue weighted by Crippen LogP contribution is 2.36. The summed E-state index contributed by atoms with van der Waals surface area (Å²) in [7, 11) is -3.81. The average Bonchev–Trinajstić information content (AvgIpc) is 3.68. The molecule has 2 aromatic heterocycles. The van der Waals surface area contributed by atoms with Crippen LogP contribution in [0.3, 0.4) is 0 Å². The van der Waals surface area contributed by atoms with E-state index < -0.39 is 14.9 Å². The molecule has 14 heteroatoms. The molecule has 11 nitrogen and oxygen atoms in total. The molecular formula is C26H19N5O6S3. The quantitative estimate of drug-likeness (QED) is 0.109. The van der Waals surface area contributed by atoms with Crippen molar-refractivity contribution in [1.29, 1.82) is 0 Å². The van der Waals surface area contributed by atoms with E-state index in [2.05, 4.69) is 21.3 Å². The number of aromatic nitrogens is 1. The van der Waals surface area contributed by atoms with Gasteiger partial charge in [-0.15, -0.1) is 17.9 Å². The van der Waals surface area contributed by atoms with Gasteiger partial charge in [-0.25, -0.2) is 18.4 Å². The summed E-state index contributed by atoms with van der Waals surface area (Å²) in [5.41, 5.74) is 0.674. The summed E-state index contributed by atoms with van der Waals surface area (Å²) >= 11 is 2.28. The molecule has 40 heavy (non-hydrogen) atoms. The minimum atomic E-state index is -3.81. The van der Waals surface area contributed by atoms with Crippen molar-refractivity contribution in [2.24, 2.45) is 4.99 Å². The summed E-state index contributed by atoms with van der Waals surface area (Å²) in [6.07, 6.45) is 4.61. The fourth-order valence-corrected chi connectivity index (χ4v) is 6.46. The predicted octanol–water partition coefficient (Wildman–Crippen LogP) is 5.90. The highest BCUT2D eigenvalue weighted by molar-refractivity contribution is 8.18. The predicted molar refractivity (Wildman–Crippen MR) is 155 cm³/mol. The van der Waals surface area contributed by atoms with Crippen LogP contribution in [-0.4, -0.2) is 40.8 Å². The molecule has 1 aliphatic heterocycles. The van der Waals surface area contributed by atoms with Crippen molar-refractivity contribution in [3.8, 4) is 11.3 Å². The van der Waals surface area contributed by atoms with Crippen molar-refractivity contribution in [3.05, 3.63) is 106 Å². The lowest BCUT2D eigenvalue weighted by Gasteiger charge is -2.12. The molecule has 0 unspecified atom stereocenters. The van der Waals surface area contributed by atoms with E-state index in [-0.39, 0.29) is 28.2 Å². The number of amides is 1. The van der Waals surface area contributed by atoms with Gasteiger partial charge in [0.25, 0.3) is 21.6 Å². The summed E-state index contributed by atoms with van der Waals surface area (Å²) in [5.74, 6) is 0.316. The average molecular weight is 594 g/mol. The zero-order valence-electron chi connectivity index (χ0n) is 20.5. The number of amidine groups is 1. The zero-order valence-corrected chi connectivity index (χ0v) is 22.9. The first kappa shape index (κ1) is 27.1. The highest BCUT2D eigenvalue weighted by Gasteiger charge is 2.33. The number of rotatable bonds is 9. The van der Waals surface area contributed by atoms with Crippen molar-refractivity contribution in [2.75, 3.05) is 11.3 Å². The number of thiazole rings is 1. The molecule has 5 rings (SSSR count). The van der Waals surface area contributed by atoms with E-state index in [4.69, 9.17) is 4.42 Å². The maximum atomic E-state index is 13.1. The number of nitrogens with zero attached hydrogens (tertiary/aromatic N) is 4. The number of hydrogen-bond donors (Lipinski definition) is 1. The van der Waals surface area contributed by atoms with Crippen LogP contribution in [0.1, 0.15) is 5.76 Å². The minimum Gasteiger partial charge on any atom is -0.456 e. The van der Waals surface area contributed by atoms with E-state index in [1.54, 1.807) is 47.9 Å². The first-order valence-corrected chi connectivity index (χ1v) is 14.7. The van der Waals surface area contributed by atoms with Crippen LogP contribution in [0.15, 0.2) is 104 Å². The third-order valence-electron chi connectivity index (χ3n) is 5.49. The number of hydrogen-bond acceptors (Lipinski definition) is 10. The topological polar surface area (TPSA) is 148 Å². The van der Waals surface area contributed by atoms with E-state index in [0.29, 0.717) is 32.8 Å². The SMILES string of the molecule is C=CCN1C(=O)/C(=C/c2ccc(-c3ccccc3[N+](=O)[O-])o2)SC1=Nc1ccc(S(=O)(=O)Nc2nccs2)cc1. The third kappa shape index (κ3) is 5.73. The van der Waals surface area contributed by atoms with Gasteiger partial charge in [-0.2, -0.15) is 0 Å². The molecule has 0 spiro atoms. The van der Waals surface area contributed by atoms with Crippen molar-refractivity contribution in [1.82, 2.24) is 9.88 Å². The number of furan rings is 1. The molecule has 1 saturated heterocycles. The lowest BCUT2D eigenvalue weighted by atomic mass is 10.1. The monoisotopic (exact) mass is 593 g/mol. The molecule has 0 atom stereocenters. The van der Waals surface area contributed by atoms with Crippen LogP contribution in [0, 0.1) is 10.1 Å². The van der Waals surface area contributed by atoms with E-state index in [1.807, 2.05) is 0 Å². The molecule has 1 fully saturated rings. The molecule has 0 bridgehead atoms. The van der Waals surface area contributed by atoms with Crippen molar-refractivity contribution >= 4 is 66.8 Å². The number of carbonyl (C=O) groups is 1. The lowest BCUT2D eigenvalue weighted by molar-refractivity contribution is -0.384. The Hall–Kier alpha value is -4.53. The van der Waals surface area contributed by atoms with Gasteiger partial charge < -0.3 is 4.42 Å². The van der Waals surface area contributed by atoms with Gasteiger partial charge in [-0.05, 0) is 54.2 Å².